The van der Waals surface area contributed by atoms with Gasteiger partial charge in [0.05, 0.1) is 13.7 Å². The van der Waals surface area contributed by atoms with Gasteiger partial charge in [0.2, 0.25) is 5.91 Å². The molecular weight excluding hydrogens is 228 g/mol. The van der Waals surface area contributed by atoms with E-state index in [1.54, 1.807) is 7.11 Å². The molecule has 0 aliphatic rings. The van der Waals surface area contributed by atoms with Crippen molar-refractivity contribution in [3.05, 3.63) is 29.8 Å². The molecule has 2 N–H and O–H groups in total. The highest BCUT2D eigenvalue weighted by atomic mass is 16.5. The Morgan fingerprint density at radius 1 is 1.28 bits per heavy atom. The van der Waals surface area contributed by atoms with Crippen LogP contribution in [0.1, 0.15) is 18.9 Å². The fourth-order valence-corrected chi connectivity index (χ4v) is 1.66. The number of ether oxygens (including phenoxy) is 1. The highest BCUT2D eigenvalue weighted by molar-refractivity contribution is 5.77. The number of benzene rings is 1. The fourth-order valence-electron chi connectivity index (χ4n) is 1.66. The molecule has 0 saturated carbocycles. The van der Waals surface area contributed by atoms with Gasteiger partial charge in [-0.1, -0.05) is 25.1 Å². The van der Waals surface area contributed by atoms with Crippen LogP contribution in [0.15, 0.2) is 24.3 Å². The minimum Gasteiger partial charge on any atom is -0.496 e. The van der Waals surface area contributed by atoms with Crippen molar-refractivity contribution in [1.29, 1.82) is 0 Å². The highest BCUT2D eigenvalue weighted by Gasteiger charge is 2.02. The molecule has 1 rings (SSSR count). The van der Waals surface area contributed by atoms with Crippen LogP contribution in [-0.2, 0) is 11.2 Å². The number of hydrogen-bond acceptors (Lipinski definition) is 3. The Kier molecular flexibility index (Phi) is 6.87. The number of carbonyl (C=O) groups is 1. The molecule has 1 aromatic rings. The van der Waals surface area contributed by atoms with E-state index in [9.17, 15) is 4.79 Å². The normalized spacial score (nSPS) is 10.1. The first-order chi connectivity index (χ1) is 8.77. The molecule has 0 saturated heterocycles. The third kappa shape index (κ3) is 5.19. The summed E-state index contributed by atoms with van der Waals surface area (Å²) in [6.07, 6.45) is 1.82. The first-order valence-corrected chi connectivity index (χ1v) is 6.37. The second-order valence-electron chi connectivity index (χ2n) is 4.09. The molecule has 1 amide bonds. The number of nitrogens with one attached hydrogen (secondary N) is 2. The lowest BCUT2D eigenvalue weighted by Crippen LogP contribution is -2.35. The summed E-state index contributed by atoms with van der Waals surface area (Å²) in [6.45, 7) is 3.91. The maximum atomic E-state index is 11.3. The number of hydrogen-bond donors (Lipinski definition) is 2. The van der Waals surface area contributed by atoms with Crippen molar-refractivity contribution in [1.82, 2.24) is 10.6 Å². The topological polar surface area (TPSA) is 50.4 Å². The van der Waals surface area contributed by atoms with E-state index in [1.807, 2.05) is 31.2 Å². The zero-order valence-electron chi connectivity index (χ0n) is 11.2. The maximum Gasteiger partial charge on any atom is 0.233 e. The number of carbonyl (C=O) groups excluding carboxylic acids is 1. The van der Waals surface area contributed by atoms with Crippen LogP contribution in [0.5, 0.6) is 5.75 Å². The Morgan fingerprint density at radius 3 is 2.78 bits per heavy atom. The molecule has 0 spiro atoms. The molecular formula is C14H22N2O2. The van der Waals surface area contributed by atoms with Crippen molar-refractivity contribution >= 4 is 5.91 Å². The van der Waals surface area contributed by atoms with Gasteiger partial charge in [-0.2, -0.15) is 0 Å². The Balaban J connectivity index is 2.23. The van der Waals surface area contributed by atoms with Crippen molar-refractivity contribution in [2.24, 2.45) is 0 Å². The van der Waals surface area contributed by atoms with E-state index in [4.69, 9.17) is 4.74 Å². The Morgan fingerprint density at radius 2 is 2.06 bits per heavy atom. The summed E-state index contributed by atoms with van der Waals surface area (Å²) >= 11 is 0. The largest absolute Gasteiger partial charge is 0.496 e. The SMILES string of the molecule is CCCNC(=O)CNCCc1ccccc1OC. The van der Waals surface area contributed by atoms with Gasteiger partial charge in [0, 0.05) is 6.54 Å². The zero-order chi connectivity index (χ0) is 13.2. The van der Waals surface area contributed by atoms with E-state index in [-0.39, 0.29) is 5.91 Å². The minimum atomic E-state index is 0.0527. The van der Waals surface area contributed by atoms with Crippen molar-refractivity contribution < 1.29 is 9.53 Å². The van der Waals surface area contributed by atoms with Crippen LogP contribution in [0.25, 0.3) is 0 Å². The summed E-state index contributed by atoms with van der Waals surface area (Å²) in [5, 5.41) is 5.95. The Hall–Kier alpha value is -1.55. The standard InChI is InChI=1S/C14H22N2O2/c1-3-9-16-14(17)11-15-10-8-12-6-4-5-7-13(12)18-2/h4-7,15H,3,8-11H2,1-2H3,(H,16,17). The van der Waals surface area contributed by atoms with Crippen LogP contribution in [0, 0.1) is 0 Å². The second-order valence-corrected chi connectivity index (χ2v) is 4.09. The Labute approximate surface area is 109 Å². The van der Waals surface area contributed by atoms with Crippen molar-refractivity contribution in [3.63, 3.8) is 0 Å². The maximum absolute atomic E-state index is 11.3. The first kappa shape index (κ1) is 14.5. The molecule has 0 bridgehead atoms. The Bertz CT molecular complexity index is 367. The van der Waals surface area contributed by atoms with Crippen LogP contribution in [0.3, 0.4) is 0 Å². The van der Waals surface area contributed by atoms with Crippen molar-refractivity contribution in [2.45, 2.75) is 19.8 Å². The number of rotatable bonds is 8. The molecule has 0 fully saturated rings. The minimum absolute atomic E-state index is 0.0527. The van der Waals surface area contributed by atoms with Crippen LogP contribution < -0.4 is 15.4 Å². The molecule has 0 aliphatic heterocycles. The quantitative estimate of drug-likeness (QED) is 0.685. The smallest absolute Gasteiger partial charge is 0.233 e. The first-order valence-electron chi connectivity index (χ1n) is 6.37. The molecule has 0 aromatic heterocycles. The molecule has 4 heteroatoms. The molecule has 0 unspecified atom stereocenters. The molecule has 100 valence electrons. The van der Waals surface area contributed by atoms with Gasteiger partial charge < -0.3 is 15.4 Å². The highest BCUT2D eigenvalue weighted by Crippen LogP contribution is 2.16. The van der Waals surface area contributed by atoms with E-state index in [0.29, 0.717) is 6.54 Å². The number of methoxy groups -OCH3 is 1. The summed E-state index contributed by atoms with van der Waals surface area (Å²) in [5.74, 6) is 0.951. The van der Waals surface area contributed by atoms with Gasteiger partial charge in [0.15, 0.2) is 0 Å². The lowest BCUT2D eigenvalue weighted by atomic mass is 10.1. The van der Waals surface area contributed by atoms with E-state index in [0.717, 1.165) is 37.2 Å². The van der Waals surface area contributed by atoms with Gasteiger partial charge in [0.25, 0.3) is 0 Å². The molecule has 4 nitrogen and oxygen atoms in total. The lowest BCUT2D eigenvalue weighted by Gasteiger charge is -2.09. The molecule has 0 atom stereocenters. The zero-order valence-corrected chi connectivity index (χ0v) is 11.2. The van der Waals surface area contributed by atoms with Gasteiger partial charge in [-0.15, -0.1) is 0 Å². The number of amides is 1. The second kappa shape index (κ2) is 8.53. The van der Waals surface area contributed by atoms with Gasteiger partial charge in [-0.25, -0.2) is 0 Å². The average Bonchev–Trinajstić information content (AvgIpc) is 2.41. The van der Waals surface area contributed by atoms with Gasteiger partial charge in [-0.3, -0.25) is 4.79 Å². The summed E-state index contributed by atoms with van der Waals surface area (Å²) < 4.78 is 5.27. The van der Waals surface area contributed by atoms with Crippen LogP contribution in [0.2, 0.25) is 0 Å². The average molecular weight is 250 g/mol. The van der Waals surface area contributed by atoms with E-state index in [2.05, 4.69) is 10.6 Å². The summed E-state index contributed by atoms with van der Waals surface area (Å²) in [7, 11) is 1.67. The molecule has 0 aliphatic carbocycles. The van der Waals surface area contributed by atoms with Crippen molar-refractivity contribution in [3.8, 4) is 5.75 Å². The van der Waals surface area contributed by atoms with Crippen LogP contribution in [0.4, 0.5) is 0 Å². The predicted molar refractivity (Wildman–Crippen MR) is 72.9 cm³/mol. The van der Waals surface area contributed by atoms with Crippen molar-refractivity contribution in [2.75, 3.05) is 26.7 Å². The summed E-state index contributed by atoms with van der Waals surface area (Å²) in [4.78, 5) is 11.3. The van der Waals surface area contributed by atoms with E-state index in [1.165, 1.54) is 0 Å². The van der Waals surface area contributed by atoms with Gasteiger partial charge in [0.1, 0.15) is 5.75 Å². The fraction of sp³-hybridized carbons (Fsp3) is 0.500. The monoisotopic (exact) mass is 250 g/mol. The predicted octanol–water partition coefficient (Wildman–Crippen LogP) is 1.35. The molecule has 18 heavy (non-hydrogen) atoms. The van der Waals surface area contributed by atoms with Crippen LogP contribution >= 0.6 is 0 Å². The number of para-hydroxylation sites is 1. The van der Waals surface area contributed by atoms with E-state index < -0.39 is 0 Å². The molecule has 0 radical (unpaired) electrons. The third-order valence-corrected chi connectivity index (χ3v) is 2.62. The lowest BCUT2D eigenvalue weighted by molar-refractivity contribution is -0.120. The summed E-state index contributed by atoms with van der Waals surface area (Å²) in [5.41, 5.74) is 1.15. The van der Waals surface area contributed by atoms with Gasteiger partial charge in [-0.05, 0) is 31.0 Å². The third-order valence-electron chi connectivity index (χ3n) is 2.62. The van der Waals surface area contributed by atoms with Crippen LogP contribution in [-0.4, -0.2) is 32.7 Å². The van der Waals surface area contributed by atoms with Gasteiger partial charge >= 0.3 is 0 Å². The molecule has 1 aromatic carbocycles. The van der Waals surface area contributed by atoms with E-state index >= 15 is 0 Å². The summed E-state index contributed by atoms with van der Waals surface area (Å²) in [6, 6.07) is 7.93. The molecule has 0 heterocycles.